The van der Waals surface area contributed by atoms with E-state index in [0.717, 1.165) is 32.2 Å². The minimum atomic E-state index is -0.0841. The van der Waals surface area contributed by atoms with Gasteiger partial charge in [-0.15, -0.1) is 0 Å². The molecule has 1 aliphatic carbocycles. The van der Waals surface area contributed by atoms with Crippen LogP contribution in [0.3, 0.4) is 0 Å². The number of nitrogens with one attached hydrogen (secondary N) is 1. The molecule has 0 radical (unpaired) electrons. The summed E-state index contributed by atoms with van der Waals surface area (Å²) in [5.74, 6) is 0.655. The summed E-state index contributed by atoms with van der Waals surface area (Å²) in [6.45, 7) is 3.30. The fourth-order valence-corrected chi connectivity index (χ4v) is 3.01. The predicted molar refractivity (Wildman–Crippen MR) is 76.0 cm³/mol. The summed E-state index contributed by atoms with van der Waals surface area (Å²) in [5.41, 5.74) is 0. The zero-order chi connectivity index (χ0) is 14.5. The second kappa shape index (κ2) is 7.07. The maximum atomic E-state index is 12.3. The van der Waals surface area contributed by atoms with E-state index in [9.17, 15) is 9.59 Å². The van der Waals surface area contributed by atoms with Gasteiger partial charge >= 0.3 is 0 Å². The van der Waals surface area contributed by atoms with Crippen LogP contribution in [0.4, 0.5) is 0 Å². The molecule has 0 aromatic heterocycles. The number of likely N-dealkylation sites (tertiary alicyclic amines) is 1. The van der Waals surface area contributed by atoms with Gasteiger partial charge in [0.2, 0.25) is 11.8 Å². The van der Waals surface area contributed by atoms with Gasteiger partial charge < -0.3 is 15.3 Å². The Morgan fingerprint density at radius 2 is 2.10 bits per heavy atom. The molecule has 2 unspecified atom stereocenters. The molecule has 2 atom stereocenters. The Morgan fingerprint density at radius 3 is 2.70 bits per heavy atom. The molecule has 2 aliphatic rings. The maximum Gasteiger partial charge on any atom is 0.225 e. The van der Waals surface area contributed by atoms with Crippen molar-refractivity contribution in [2.45, 2.75) is 51.5 Å². The lowest BCUT2D eigenvalue weighted by atomic mass is 9.96. The van der Waals surface area contributed by atoms with Gasteiger partial charge in [-0.3, -0.25) is 9.59 Å². The third kappa shape index (κ3) is 3.95. The summed E-state index contributed by atoms with van der Waals surface area (Å²) in [4.78, 5) is 25.9. The van der Waals surface area contributed by atoms with Gasteiger partial charge in [0, 0.05) is 32.2 Å². The van der Waals surface area contributed by atoms with Gasteiger partial charge in [0.1, 0.15) is 0 Å². The standard InChI is InChI=1S/C15H26N2O3/c1-2-14(19)17-8-3-4-12(10-17)15(20)16-13(7-9-18)11-5-6-11/h11-13,18H,2-10H2,1H3,(H,16,20). The van der Waals surface area contributed by atoms with E-state index >= 15 is 0 Å². The number of aliphatic hydroxyl groups is 1. The summed E-state index contributed by atoms with van der Waals surface area (Å²) >= 11 is 0. The highest BCUT2D eigenvalue weighted by Crippen LogP contribution is 2.34. The zero-order valence-electron chi connectivity index (χ0n) is 12.3. The monoisotopic (exact) mass is 282 g/mol. The van der Waals surface area contributed by atoms with Gasteiger partial charge in [0.25, 0.3) is 0 Å². The van der Waals surface area contributed by atoms with Gasteiger partial charge in [-0.2, -0.15) is 0 Å². The molecule has 0 bridgehead atoms. The van der Waals surface area contributed by atoms with Crippen LogP contribution in [-0.4, -0.2) is 47.6 Å². The lowest BCUT2D eigenvalue weighted by molar-refractivity contribution is -0.135. The Balaban J connectivity index is 1.86. The number of rotatable bonds is 6. The molecule has 2 rings (SSSR count). The molecule has 5 heteroatoms. The molecule has 2 amide bonds. The van der Waals surface area contributed by atoms with Crippen LogP contribution in [-0.2, 0) is 9.59 Å². The summed E-state index contributed by atoms with van der Waals surface area (Å²) in [6, 6.07) is 0.116. The van der Waals surface area contributed by atoms with Gasteiger partial charge in [-0.1, -0.05) is 6.92 Å². The van der Waals surface area contributed by atoms with E-state index in [0.29, 0.717) is 25.3 Å². The van der Waals surface area contributed by atoms with E-state index < -0.39 is 0 Å². The molecule has 1 heterocycles. The van der Waals surface area contributed by atoms with Crippen LogP contribution in [0.5, 0.6) is 0 Å². The lowest BCUT2D eigenvalue weighted by Crippen LogP contribution is -2.48. The van der Waals surface area contributed by atoms with Crippen LogP contribution >= 0.6 is 0 Å². The van der Waals surface area contributed by atoms with Gasteiger partial charge in [0.05, 0.1) is 5.92 Å². The predicted octanol–water partition coefficient (Wildman–Crippen LogP) is 0.912. The average Bonchev–Trinajstić information content (AvgIpc) is 3.30. The minimum absolute atomic E-state index is 0.0592. The molecule has 114 valence electrons. The number of hydrogen-bond donors (Lipinski definition) is 2. The quantitative estimate of drug-likeness (QED) is 0.761. The number of hydrogen-bond acceptors (Lipinski definition) is 3. The van der Waals surface area contributed by atoms with Crippen LogP contribution < -0.4 is 5.32 Å². The topological polar surface area (TPSA) is 69.6 Å². The molecule has 2 fully saturated rings. The van der Waals surface area contributed by atoms with Crippen LogP contribution in [0.1, 0.15) is 45.4 Å². The molecule has 1 saturated heterocycles. The molecular formula is C15H26N2O3. The second-order valence-corrected chi connectivity index (χ2v) is 6.00. The number of carbonyl (C=O) groups excluding carboxylic acids is 2. The minimum Gasteiger partial charge on any atom is -0.396 e. The number of nitrogens with zero attached hydrogens (tertiary/aromatic N) is 1. The molecule has 0 aromatic carbocycles. The van der Waals surface area contributed by atoms with Gasteiger partial charge in [-0.05, 0) is 38.0 Å². The largest absolute Gasteiger partial charge is 0.396 e. The zero-order valence-corrected chi connectivity index (χ0v) is 12.3. The first-order valence-electron chi connectivity index (χ1n) is 7.84. The number of aliphatic hydroxyl groups excluding tert-OH is 1. The molecule has 0 spiro atoms. The Morgan fingerprint density at radius 1 is 1.35 bits per heavy atom. The molecule has 0 aromatic rings. The number of carbonyl (C=O) groups is 2. The fraction of sp³-hybridized carbons (Fsp3) is 0.867. The third-order valence-corrected chi connectivity index (χ3v) is 4.41. The summed E-state index contributed by atoms with van der Waals surface area (Å²) < 4.78 is 0. The van der Waals surface area contributed by atoms with E-state index in [-0.39, 0.29) is 30.4 Å². The van der Waals surface area contributed by atoms with E-state index in [4.69, 9.17) is 5.11 Å². The molecule has 1 saturated carbocycles. The van der Waals surface area contributed by atoms with Gasteiger partial charge in [-0.25, -0.2) is 0 Å². The Bertz CT molecular complexity index is 355. The first-order chi connectivity index (χ1) is 9.65. The Labute approximate surface area is 120 Å². The first kappa shape index (κ1) is 15.3. The summed E-state index contributed by atoms with van der Waals surface area (Å²) in [5, 5.41) is 12.2. The molecule has 1 aliphatic heterocycles. The summed E-state index contributed by atoms with van der Waals surface area (Å²) in [7, 11) is 0. The molecule has 20 heavy (non-hydrogen) atoms. The molecule has 5 nitrogen and oxygen atoms in total. The van der Waals surface area contributed by atoms with Crippen molar-refractivity contribution >= 4 is 11.8 Å². The van der Waals surface area contributed by atoms with Crippen molar-refractivity contribution in [3.8, 4) is 0 Å². The SMILES string of the molecule is CCC(=O)N1CCCC(C(=O)NC(CCO)C2CC2)C1. The number of piperidine rings is 1. The van der Waals surface area contributed by atoms with Crippen molar-refractivity contribution in [1.82, 2.24) is 10.2 Å². The smallest absolute Gasteiger partial charge is 0.225 e. The highest BCUT2D eigenvalue weighted by atomic mass is 16.3. The molecular weight excluding hydrogens is 256 g/mol. The van der Waals surface area contributed by atoms with E-state index in [1.807, 2.05) is 11.8 Å². The highest BCUT2D eigenvalue weighted by Gasteiger charge is 2.34. The van der Waals surface area contributed by atoms with Crippen molar-refractivity contribution in [2.75, 3.05) is 19.7 Å². The van der Waals surface area contributed by atoms with E-state index in [2.05, 4.69) is 5.32 Å². The van der Waals surface area contributed by atoms with E-state index in [1.165, 1.54) is 0 Å². The van der Waals surface area contributed by atoms with E-state index in [1.54, 1.807) is 0 Å². The van der Waals surface area contributed by atoms with Gasteiger partial charge in [0.15, 0.2) is 0 Å². The Hall–Kier alpha value is -1.10. The molecule has 2 N–H and O–H groups in total. The van der Waals surface area contributed by atoms with Crippen LogP contribution in [0, 0.1) is 11.8 Å². The average molecular weight is 282 g/mol. The number of amides is 2. The highest BCUT2D eigenvalue weighted by molar-refractivity contribution is 5.81. The lowest BCUT2D eigenvalue weighted by Gasteiger charge is -2.32. The van der Waals surface area contributed by atoms with Crippen molar-refractivity contribution < 1.29 is 14.7 Å². The van der Waals surface area contributed by atoms with Crippen LogP contribution in [0.15, 0.2) is 0 Å². The maximum absolute atomic E-state index is 12.3. The van der Waals surface area contributed by atoms with Crippen LogP contribution in [0.2, 0.25) is 0 Å². The Kier molecular flexibility index (Phi) is 5.40. The summed E-state index contributed by atoms with van der Waals surface area (Å²) in [6.07, 6.45) is 5.20. The van der Waals surface area contributed by atoms with Crippen LogP contribution in [0.25, 0.3) is 0 Å². The van der Waals surface area contributed by atoms with Crippen molar-refractivity contribution in [3.63, 3.8) is 0 Å². The fourth-order valence-electron chi connectivity index (χ4n) is 3.01. The normalized spacial score (nSPS) is 24.3. The first-order valence-corrected chi connectivity index (χ1v) is 7.84. The second-order valence-electron chi connectivity index (χ2n) is 6.00. The van der Waals surface area contributed by atoms with Crippen molar-refractivity contribution in [3.05, 3.63) is 0 Å². The third-order valence-electron chi connectivity index (χ3n) is 4.41. The van der Waals surface area contributed by atoms with Crippen molar-refractivity contribution in [1.29, 1.82) is 0 Å². The van der Waals surface area contributed by atoms with Crippen molar-refractivity contribution in [2.24, 2.45) is 11.8 Å².